The summed E-state index contributed by atoms with van der Waals surface area (Å²) >= 11 is 3.39. The number of nitrogens with one attached hydrogen (secondary N) is 1. The molecular formula is C20H18BrN3O2. The van der Waals surface area contributed by atoms with Crippen LogP contribution in [-0.4, -0.2) is 15.7 Å². The minimum Gasteiger partial charge on any atom is -0.324 e. The molecule has 0 aliphatic heterocycles. The number of amides is 1. The van der Waals surface area contributed by atoms with E-state index in [-0.39, 0.29) is 18.0 Å². The van der Waals surface area contributed by atoms with Gasteiger partial charge in [-0.05, 0) is 43.7 Å². The molecule has 1 aromatic heterocycles. The van der Waals surface area contributed by atoms with Crippen LogP contribution in [0.3, 0.4) is 0 Å². The predicted molar refractivity (Wildman–Crippen MR) is 106 cm³/mol. The van der Waals surface area contributed by atoms with Gasteiger partial charge in [0.15, 0.2) is 0 Å². The summed E-state index contributed by atoms with van der Waals surface area (Å²) in [7, 11) is 0. The van der Waals surface area contributed by atoms with Gasteiger partial charge in [0.1, 0.15) is 6.54 Å². The number of hydrogen-bond acceptors (Lipinski definition) is 3. The van der Waals surface area contributed by atoms with Gasteiger partial charge in [0, 0.05) is 21.8 Å². The van der Waals surface area contributed by atoms with Crippen LogP contribution in [-0.2, 0) is 11.3 Å². The Morgan fingerprint density at radius 3 is 2.50 bits per heavy atom. The van der Waals surface area contributed by atoms with E-state index in [0.717, 1.165) is 26.9 Å². The highest BCUT2D eigenvalue weighted by Gasteiger charge is 2.09. The molecule has 0 radical (unpaired) electrons. The SMILES string of the molecule is Cc1ccc(NC(=O)Cn2nc(-c3ccc(Br)cc3)ccc2=O)c(C)c1. The Morgan fingerprint density at radius 2 is 1.81 bits per heavy atom. The molecule has 132 valence electrons. The second kappa shape index (κ2) is 7.66. The Balaban J connectivity index is 1.80. The first-order valence-electron chi connectivity index (χ1n) is 8.13. The molecule has 26 heavy (non-hydrogen) atoms. The Labute approximate surface area is 159 Å². The fourth-order valence-electron chi connectivity index (χ4n) is 2.62. The van der Waals surface area contributed by atoms with Crippen molar-refractivity contribution >= 4 is 27.5 Å². The third kappa shape index (κ3) is 4.26. The summed E-state index contributed by atoms with van der Waals surface area (Å²) in [5.41, 5.74) is 4.02. The van der Waals surface area contributed by atoms with Gasteiger partial charge in [0.2, 0.25) is 5.91 Å². The maximum atomic E-state index is 12.3. The van der Waals surface area contributed by atoms with E-state index in [0.29, 0.717) is 5.69 Å². The number of anilines is 1. The summed E-state index contributed by atoms with van der Waals surface area (Å²) in [6.07, 6.45) is 0. The largest absolute Gasteiger partial charge is 0.324 e. The van der Waals surface area contributed by atoms with Gasteiger partial charge >= 0.3 is 0 Å². The van der Waals surface area contributed by atoms with E-state index < -0.39 is 0 Å². The molecule has 0 aliphatic rings. The van der Waals surface area contributed by atoms with Crippen LogP contribution in [0.25, 0.3) is 11.3 Å². The van der Waals surface area contributed by atoms with Crippen LogP contribution in [0.1, 0.15) is 11.1 Å². The van der Waals surface area contributed by atoms with E-state index in [1.165, 1.54) is 10.7 Å². The second-order valence-electron chi connectivity index (χ2n) is 6.09. The van der Waals surface area contributed by atoms with Crippen molar-refractivity contribution in [3.63, 3.8) is 0 Å². The van der Waals surface area contributed by atoms with Crippen LogP contribution in [0.5, 0.6) is 0 Å². The Bertz CT molecular complexity index is 1010. The molecule has 0 saturated heterocycles. The second-order valence-corrected chi connectivity index (χ2v) is 7.00. The highest BCUT2D eigenvalue weighted by atomic mass is 79.9. The van der Waals surface area contributed by atoms with Crippen LogP contribution >= 0.6 is 15.9 Å². The number of rotatable bonds is 4. The summed E-state index contributed by atoms with van der Waals surface area (Å²) in [5, 5.41) is 7.15. The van der Waals surface area contributed by atoms with Gasteiger partial charge in [-0.15, -0.1) is 0 Å². The van der Waals surface area contributed by atoms with Gasteiger partial charge in [-0.2, -0.15) is 5.10 Å². The van der Waals surface area contributed by atoms with Gasteiger partial charge in [-0.25, -0.2) is 4.68 Å². The topological polar surface area (TPSA) is 64.0 Å². The van der Waals surface area contributed by atoms with Crippen molar-refractivity contribution in [2.24, 2.45) is 0 Å². The Kier molecular flexibility index (Phi) is 5.32. The van der Waals surface area contributed by atoms with Crippen LogP contribution in [0.2, 0.25) is 0 Å². The molecule has 0 saturated carbocycles. The average molecular weight is 412 g/mol. The van der Waals surface area contributed by atoms with Crippen LogP contribution in [0, 0.1) is 13.8 Å². The molecule has 0 atom stereocenters. The number of carbonyl (C=O) groups excluding carboxylic acids is 1. The lowest BCUT2D eigenvalue weighted by atomic mass is 10.1. The Hall–Kier alpha value is -2.73. The van der Waals surface area contributed by atoms with Crippen molar-refractivity contribution < 1.29 is 4.79 Å². The number of nitrogens with zero attached hydrogens (tertiary/aromatic N) is 2. The van der Waals surface area contributed by atoms with Gasteiger partial charge in [-0.3, -0.25) is 9.59 Å². The molecule has 2 aromatic carbocycles. The molecule has 1 heterocycles. The lowest BCUT2D eigenvalue weighted by Crippen LogP contribution is -2.29. The molecular weight excluding hydrogens is 394 g/mol. The molecule has 0 aliphatic carbocycles. The maximum absolute atomic E-state index is 12.3. The third-order valence-electron chi connectivity index (χ3n) is 3.96. The van der Waals surface area contributed by atoms with Crippen LogP contribution in [0.15, 0.2) is 63.9 Å². The highest BCUT2D eigenvalue weighted by molar-refractivity contribution is 9.10. The van der Waals surface area contributed by atoms with Gasteiger partial charge in [-0.1, -0.05) is 45.8 Å². The first-order chi connectivity index (χ1) is 12.4. The molecule has 5 nitrogen and oxygen atoms in total. The molecule has 3 aromatic rings. The molecule has 0 spiro atoms. The first-order valence-corrected chi connectivity index (χ1v) is 8.93. The first kappa shape index (κ1) is 18.1. The smallest absolute Gasteiger partial charge is 0.267 e. The zero-order chi connectivity index (χ0) is 18.7. The highest BCUT2D eigenvalue weighted by Crippen LogP contribution is 2.19. The van der Waals surface area contributed by atoms with Crippen LogP contribution < -0.4 is 10.9 Å². The van der Waals surface area contributed by atoms with E-state index >= 15 is 0 Å². The summed E-state index contributed by atoms with van der Waals surface area (Å²) in [6.45, 7) is 3.79. The molecule has 1 N–H and O–H groups in total. The van der Waals surface area contributed by atoms with E-state index in [2.05, 4.69) is 26.3 Å². The van der Waals surface area contributed by atoms with Gasteiger partial charge in [0.25, 0.3) is 5.56 Å². The quantitative estimate of drug-likeness (QED) is 0.707. The number of halogens is 1. The fourth-order valence-corrected chi connectivity index (χ4v) is 2.88. The lowest BCUT2D eigenvalue weighted by molar-refractivity contribution is -0.117. The summed E-state index contributed by atoms with van der Waals surface area (Å²) in [4.78, 5) is 24.4. The summed E-state index contributed by atoms with van der Waals surface area (Å²) in [6, 6.07) is 16.5. The normalized spacial score (nSPS) is 10.6. The van der Waals surface area contributed by atoms with Crippen molar-refractivity contribution in [3.8, 4) is 11.3 Å². The van der Waals surface area contributed by atoms with Crippen LogP contribution in [0.4, 0.5) is 5.69 Å². The zero-order valence-corrected chi connectivity index (χ0v) is 16.1. The molecule has 3 rings (SSSR count). The average Bonchev–Trinajstić information content (AvgIpc) is 2.60. The number of aryl methyl sites for hydroxylation is 2. The molecule has 6 heteroatoms. The lowest BCUT2D eigenvalue weighted by Gasteiger charge is -2.10. The molecule has 0 bridgehead atoms. The van der Waals surface area contributed by atoms with Crippen molar-refractivity contribution in [3.05, 3.63) is 80.6 Å². The zero-order valence-electron chi connectivity index (χ0n) is 14.5. The number of benzene rings is 2. The number of carbonyl (C=O) groups is 1. The molecule has 1 amide bonds. The minimum absolute atomic E-state index is 0.142. The fraction of sp³-hybridized carbons (Fsp3) is 0.150. The van der Waals surface area contributed by atoms with E-state index in [1.807, 2.05) is 56.3 Å². The van der Waals surface area contributed by atoms with Crippen molar-refractivity contribution in [1.82, 2.24) is 9.78 Å². The number of aromatic nitrogens is 2. The van der Waals surface area contributed by atoms with Crippen molar-refractivity contribution in [2.45, 2.75) is 20.4 Å². The standard InChI is InChI=1S/C20H18BrN3O2/c1-13-3-8-17(14(2)11-13)22-19(25)12-24-20(26)10-9-18(23-24)15-4-6-16(21)7-5-15/h3-11H,12H2,1-2H3,(H,22,25). The summed E-state index contributed by atoms with van der Waals surface area (Å²) < 4.78 is 2.14. The van der Waals surface area contributed by atoms with E-state index in [9.17, 15) is 9.59 Å². The number of hydrogen-bond donors (Lipinski definition) is 1. The van der Waals surface area contributed by atoms with Crippen molar-refractivity contribution in [1.29, 1.82) is 0 Å². The van der Waals surface area contributed by atoms with Crippen molar-refractivity contribution in [2.75, 3.05) is 5.32 Å². The monoisotopic (exact) mass is 411 g/mol. The van der Waals surface area contributed by atoms with Gasteiger partial charge < -0.3 is 5.32 Å². The summed E-state index contributed by atoms with van der Waals surface area (Å²) in [5.74, 6) is -0.292. The molecule has 0 unspecified atom stereocenters. The van der Waals surface area contributed by atoms with Gasteiger partial charge in [0.05, 0.1) is 5.69 Å². The maximum Gasteiger partial charge on any atom is 0.267 e. The van der Waals surface area contributed by atoms with E-state index in [1.54, 1.807) is 6.07 Å². The minimum atomic E-state index is -0.318. The predicted octanol–water partition coefficient (Wildman–Crippen LogP) is 3.93. The Morgan fingerprint density at radius 1 is 1.08 bits per heavy atom. The molecule has 0 fully saturated rings. The van der Waals surface area contributed by atoms with E-state index in [4.69, 9.17) is 0 Å². The third-order valence-corrected chi connectivity index (χ3v) is 4.48.